The van der Waals surface area contributed by atoms with Crippen molar-refractivity contribution in [2.24, 2.45) is 0 Å². The van der Waals surface area contributed by atoms with Crippen molar-refractivity contribution in [1.29, 1.82) is 0 Å². The zero-order chi connectivity index (χ0) is 12.5. The van der Waals surface area contributed by atoms with Crippen molar-refractivity contribution in [2.75, 3.05) is 11.1 Å². The highest BCUT2D eigenvalue weighted by atomic mass is 79.9. The molecule has 18 heavy (non-hydrogen) atoms. The summed E-state index contributed by atoms with van der Waals surface area (Å²) in [6.45, 7) is 0. The first-order valence-corrected chi connectivity index (χ1v) is 6.90. The molecule has 3 heteroatoms. The minimum absolute atomic E-state index is 0.444. The molecule has 2 nitrogen and oxygen atoms in total. The Morgan fingerprint density at radius 2 is 1.72 bits per heavy atom. The molecule has 0 spiro atoms. The fraction of sp³-hybridized carbons (Fsp3) is 0.200. The Morgan fingerprint density at radius 3 is 2.39 bits per heavy atom. The second-order valence-electron chi connectivity index (χ2n) is 4.75. The van der Waals surface area contributed by atoms with Crippen molar-refractivity contribution < 1.29 is 0 Å². The summed E-state index contributed by atoms with van der Waals surface area (Å²) < 4.78 is 1.05. The van der Waals surface area contributed by atoms with Gasteiger partial charge in [-0.15, -0.1) is 0 Å². The Labute approximate surface area is 115 Å². The molecule has 0 heterocycles. The van der Waals surface area contributed by atoms with Crippen LogP contribution in [0.15, 0.2) is 46.9 Å². The van der Waals surface area contributed by atoms with Crippen molar-refractivity contribution in [1.82, 2.24) is 0 Å². The third-order valence-electron chi connectivity index (χ3n) is 3.43. The Hall–Kier alpha value is -1.48. The molecule has 1 aliphatic carbocycles. The number of halogens is 1. The van der Waals surface area contributed by atoms with Gasteiger partial charge in [0, 0.05) is 10.5 Å². The maximum atomic E-state index is 5.99. The zero-order valence-electron chi connectivity index (χ0n) is 9.99. The van der Waals surface area contributed by atoms with Gasteiger partial charge in [0.2, 0.25) is 0 Å². The molecule has 3 N–H and O–H groups in total. The third kappa shape index (κ3) is 2.23. The van der Waals surface area contributed by atoms with Crippen LogP contribution in [0.5, 0.6) is 0 Å². The lowest BCUT2D eigenvalue weighted by Gasteiger charge is -2.15. The van der Waals surface area contributed by atoms with Crippen LogP contribution in [0.25, 0.3) is 0 Å². The molecular weight excluding hydrogens is 288 g/mol. The van der Waals surface area contributed by atoms with Crippen LogP contribution in [0.1, 0.15) is 11.1 Å². The normalized spacial score (nSPS) is 14.5. The number of rotatable bonds is 2. The summed E-state index contributed by atoms with van der Waals surface area (Å²) in [6.07, 6.45) is 2.14. The highest BCUT2D eigenvalue weighted by Gasteiger charge is 2.21. The van der Waals surface area contributed by atoms with Gasteiger partial charge in [-0.3, -0.25) is 0 Å². The highest BCUT2D eigenvalue weighted by molar-refractivity contribution is 9.10. The van der Waals surface area contributed by atoms with E-state index < -0.39 is 0 Å². The molecule has 0 amide bonds. The molecule has 0 unspecified atom stereocenters. The number of nitrogen functional groups attached to an aromatic ring is 1. The fourth-order valence-electron chi connectivity index (χ4n) is 2.53. The van der Waals surface area contributed by atoms with E-state index in [4.69, 9.17) is 5.73 Å². The molecule has 2 aromatic carbocycles. The summed E-state index contributed by atoms with van der Waals surface area (Å²) >= 11 is 3.48. The second-order valence-corrected chi connectivity index (χ2v) is 5.67. The predicted molar refractivity (Wildman–Crippen MR) is 79.8 cm³/mol. The van der Waals surface area contributed by atoms with E-state index in [0.717, 1.165) is 28.7 Å². The Morgan fingerprint density at radius 1 is 1.06 bits per heavy atom. The maximum Gasteiger partial charge on any atom is 0.0587 e. The first kappa shape index (κ1) is 11.6. The molecule has 92 valence electrons. The fourth-order valence-corrected chi connectivity index (χ4v) is 2.90. The maximum absolute atomic E-state index is 5.99. The molecule has 0 fully saturated rings. The summed E-state index contributed by atoms with van der Waals surface area (Å²) in [7, 11) is 0. The Bertz CT molecular complexity index is 555. The minimum Gasteiger partial charge on any atom is -0.397 e. The number of hydrogen-bond donors (Lipinski definition) is 2. The summed E-state index contributed by atoms with van der Waals surface area (Å²) in [5.41, 5.74) is 10.7. The van der Waals surface area contributed by atoms with Crippen LogP contribution < -0.4 is 11.1 Å². The van der Waals surface area contributed by atoms with Crippen molar-refractivity contribution in [3.63, 3.8) is 0 Å². The lowest BCUT2D eigenvalue weighted by atomic mass is 10.1. The van der Waals surface area contributed by atoms with Gasteiger partial charge >= 0.3 is 0 Å². The summed E-state index contributed by atoms with van der Waals surface area (Å²) in [5.74, 6) is 0. The van der Waals surface area contributed by atoms with Crippen LogP contribution in [0.3, 0.4) is 0 Å². The van der Waals surface area contributed by atoms with Gasteiger partial charge in [0.05, 0.1) is 11.4 Å². The van der Waals surface area contributed by atoms with Crippen LogP contribution in [0.4, 0.5) is 11.4 Å². The van der Waals surface area contributed by atoms with Crippen LogP contribution in [-0.4, -0.2) is 6.04 Å². The molecule has 0 saturated carbocycles. The zero-order valence-corrected chi connectivity index (χ0v) is 11.6. The highest BCUT2D eigenvalue weighted by Crippen LogP contribution is 2.28. The topological polar surface area (TPSA) is 38.0 Å². The van der Waals surface area contributed by atoms with E-state index in [1.54, 1.807) is 0 Å². The molecule has 2 aromatic rings. The summed E-state index contributed by atoms with van der Waals surface area (Å²) in [5, 5.41) is 3.54. The van der Waals surface area contributed by atoms with Crippen LogP contribution >= 0.6 is 15.9 Å². The van der Waals surface area contributed by atoms with Gasteiger partial charge in [0.15, 0.2) is 0 Å². The first-order valence-electron chi connectivity index (χ1n) is 6.11. The Balaban J connectivity index is 1.78. The van der Waals surface area contributed by atoms with Gasteiger partial charge in [0.1, 0.15) is 0 Å². The number of nitrogens with one attached hydrogen (secondary N) is 1. The number of hydrogen-bond acceptors (Lipinski definition) is 2. The molecule has 1 aliphatic rings. The van der Waals surface area contributed by atoms with Gasteiger partial charge in [-0.2, -0.15) is 0 Å². The van der Waals surface area contributed by atoms with Crippen molar-refractivity contribution in [3.05, 3.63) is 58.1 Å². The van der Waals surface area contributed by atoms with E-state index in [1.807, 2.05) is 18.2 Å². The predicted octanol–water partition coefficient (Wildman–Crippen LogP) is 3.61. The molecule has 0 atom stereocenters. The van der Waals surface area contributed by atoms with Crippen molar-refractivity contribution in [3.8, 4) is 0 Å². The van der Waals surface area contributed by atoms with Crippen molar-refractivity contribution >= 4 is 27.3 Å². The number of fused-ring (bicyclic) bond motifs is 1. The largest absolute Gasteiger partial charge is 0.397 e. The van der Waals surface area contributed by atoms with Gasteiger partial charge in [-0.05, 0) is 42.2 Å². The van der Waals surface area contributed by atoms with Gasteiger partial charge < -0.3 is 11.1 Å². The third-order valence-corrected chi connectivity index (χ3v) is 3.92. The number of nitrogens with two attached hydrogens (primary N) is 1. The monoisotopic (exact) mass is 302 g/mol. The smallest absolute Gasteiger partial charge is 0.0587 e. The van der Waals surface area contributed by atoms with E-state index >= 15 is 0 Å². The van der Waals surface area contributed by atoms with Gasteiger partial charge in [-0.25, -0.2) is 0 Å². The van der Waals surface area contributed by atoms with Crippen LogP contribution in [0.2, 0.25) is 0 Å². The summed E-state index contributed by atoms with van der Waals surface area (Å²) in [6, 6.07) is 15.0. The molecule has 0 saturated heterocycles. The summed E-state index contributed by atoms with van der Waals surface area (Å²) in [4.78, 5) is 0. The molecule has 0 radical (unpaired) electrons. The van der Waals surface area contributed by atoms with Crippen LogP contribution in [-0.2, 0) is 12.8 Å². The average molecular weight is 303 g/mol. The molecular formula is C15H15BrN2. The molecule has 0 bridgehead atoms. The number of benzene rings is 2. The van der Waals surface area contributed by atoms with E-state index in [1.165, 1.54) is 11.1 Å². The quantitative estimate of drug-likeness (QED) is 0.832. The van der Waals surface area contributed by atoms with Crippen molar-refractivity contribution in [2.45, 2.75) is 18.9 Å². The minimum atomic E-state index is 0.444. The first-order chi connectivity index (χ1) is 8.72. The SMILES string of the molecule is Nc1ccc(Br)cc1NC1Cc2ccccc2C1. The molecule has 0 aromatic heterocycles. The van der Waals surface area contributed by atoms with Gasteiger partial charge in [0.25, 0.3) is 0 Å². The van der Waals surface area contributed by atoms with E-state index in [-0.39, 0.29) is 0 Å². The average Bonchev–Trinajstić information content (AvgIpc) is 2.76. The van der Waals surface area contributed by atoms with Crippen LogP contribution in [0, 0.1) is 0 Å². The second kappa shape index (κ2) is 4.65. The standard InChI is InChI=1S/C15H15BrN2/c16-12-5-6-14(17)15(9-12)18-13-7-10-3-1-2-4-11(10)8-13/h1-6,9,13,18H,7-8,17H2. The van der Waals surface area contributed by atoms with Gasteiger partial charge in [-0.1, -0.05) is 40.2 Å². The molecule has 0 aliphatic heterocycles. The lowest BCUT2D eigenvalue weighted by Crippen LogP contribution is -2.20. The van der Waals surface area contributed by atoms with E-state index in [9.17, 15) is 0 Å². The lowest BCUT2D eigenvalue weighted by molar-refractivity contribution is 0.775. The Kier molecular flexibility index (Phi) is 3.00. The molecule has 3 rings (SSSR count). The number of anilines is 2. The van der Waals surface area contributed by atoms with E-state index in [0.29, 0.717) is 6.04 Å². The van der Waals surface area contributed by atoms with E-state index in [2.05, 4.69) is 45.5 Å².